The van der Waals surface area contributed by atoms with Crippen molar-refractivity contribution in [3.8, 4) is 0 Å². The van der Waals surface area contributed by atoms with Gasteiger partial charge in [0.15, 0.2) is 0 Å². The van der Waals surface area contributed by atoms with E-state index in [1.54, 1.807) is 14.0 Å². The van der Waals surface area contributed by atoms with Gasteiger partial charge in [-0.25, -0.2) is 9.78 Å². The van der Waals surface area contributed by atoms with Crippen LogP contribution in [0.4, 0.5) is 0 Å². The molecule has 0 amide bonds. The van der Waals surface area contributed by atoms with Crippen LogP contribution >= 0.6 is 0 Å². The zero-order valence-electron chi connectivity index (χ0n) is 12.8. The molecule has 116 valence electrons. The van der Waals surface area contributed by atoms with Crippen LogP contribution in [0.1, 0.15) is 55.7 Å². The van der Waals surface area contributed by atoms with Gasteiger partial charge in [0.2, 0.25) is 0 Å². The van der Waals surface area contributed by atoms with Gasteiger partial charge in [-0.05, 0) is 32.1 Å². The Morgan fingerprint density at radius 1 is 1.57 bits per heavy atom. The first-order valence-electron chi connectivity index (χ1n) is 7.34. The van der Waals surface area contributed by atoms with Crippen LogP contribution in [-0.2, 0) is 15.1 Å². The highest BCUT2D eigenvalue weighted by Crippen LogP contribution is 2.40. The summed E-state index contributed by atoms with van der Waals surface area (Å²) < 4.78 is 10.5. The number of carbonyl (C=O) groups excluding carboxylic acids is 1. The Balaban J connectivity index is 2.34. The van der Waals surface area contributed by atoms with Crippen LogP contribution in [0.15, 0.2) is 11.0 Å². The first-order valence-corrected chi connectivity index (χ1v) is 7.34. The second-order valence-electron chi connectivity index (χ2n) is 5.60. The number of H-pyrrole nitrogens is 1. The Bertz CT molecular complexity index is 569. The van der Waals surface area contributed by atoms with Gasteiger partial charge in [-0.2, -0.15) is 0 Å². The molecule has 1 aliphatic rings. The van der Waals surface area contributed by atoms with Gasteiger partial charge in [-0.1, -0.05) is 13.3 Å². The van der Waals surface area contributed by atoms with Crippen molar-refractivity contribution in [1.82, 2.24) is 9.97 Å². The lowest BCUT2D eigenvalue weighted by Gasteiger charge is -2.37. The second kappa shape index (κ2) is 6.39. The third-order valence-corrected chi connectivity index (χ3v) is 4.07. The molecule has 0 aliphatic heterocycles. The molecule has 2 unspecified atom stereocenters. The number of rotatable bonds is 4. The lowest BCUT2D eigenvalue weighted by Crippen LogP contribution is -2.38. The molecule has 0 radical (unpaired) electrons. The number of hydrogen-bond donors (Lipinski definition) is 1. The number of aromatic nitrogens is 2. The van der Waals surface area contributed by atoms with Gasteiger partial charge in [0, 0.05) is 13.3 Å². The lowest BCUT2D eigenvalue weighted by molar-refractivity contribution is -0.0648. The molecule has 1 aliphatic carbocycles. The van der Waals surface area contributed by atoms with E-state index in [1.807, 2.05) is 0 Å². The molecule has 0 bridgehead atoms. The van der Waals surface area contributed by atoms with Crippen molar-refractivity contribution in [3.05, 3.63) is 27.9 Å². The van der Waals surface area contributed by atoms with Gasteiger partial charge in [-0.15, -0.1) is 0 Å². The van der Waals surface area contributed by atoms with Gasteiger partial charge < -0.3 is 14.5 Å². The number of nitrogens with one attached hydrogen (secondary N) is 1. The van der Waals surface area contributed by atoms with Crippen molar-refractivity contribution in [2.45, 2.75) is 45.1 Å². The largest absolute Gasteiger partial charge is 0.462 e. The van der Waals surface area contributed by atoms with E-state index in [1.165, 1.54) is 6.20 Å². The van der Waals surface area contributed by atoms with Crippen molar-refractivity contribution < 1.29 is 14.3 Å². The molecule has 0 saturated heterocycles. The number of hydrogen-bond acceptors (Lipinski definition) is 5. The molecule has 2 rings (SSSR count). The number of nitrogens with zero attached hydrogens (tertiary/aromatic N) is 1. The Kier molecular flexibility index (Phi) is 4.77. The highest BCUT2D eigenvalue weighted by Gasteiger charge is 2.39. The van der Waals surface area contributed by atoms with Crippen LogP contribution in [0.3, 0.4) is 0 Å². The van der Waals surface area contributed by atoms with Gasteiger partial charge in [0.1, 0.15) is 17.0 Å². The van der Waals surface area contributed by atoms with E-state index in [0.29, 0.717) is 11.7 Å². The summed E-state index contributed by atoms with van der Waals surface area (Å²) in [5.74, 6) is 0.351. The maximum atomic E-state index is 12.1. The fourth-order valence-corrected chi connectivity index (χ4v) is 2.98. The normalized spacial score (nSPS) is 25.6. The number of carbonyl (C=O) groups is 1. The molecule has 21 heavy (non-hydrogen) atoms. The molecular formula is C15H22N2O4. The summed E-state index contributed by atoms with van der Waals surface area (Å²) in [4.78, 5) is 30.7. The fraction of sp³-hybridized carbons (Fsp3) is 0.667. The minimum atomic E-state index is -0.652. The summed E-state index contributed by atoms with van der Waals surface area (Å²) in [6.45, 7) is 4.08. The van der Waals surface area contributed by atoms with E-state index in [9.17, 15) is 9.59 Å². The quantitative estimate of drug-likeness (QED) is 0.859. The van der Waals surface area contributed by atoms with Crippen molar-refractivity contribution in [1.29, 1.82) is 0 Å². The van der Waals surface area contributed by atoms with Gasteiger partial charge in [0.25, 0.3) is 5.56 Å². The first kappa shape index (κ1) is 15.7. The molecule has 1 N–H and O–H groups in total. The van der Waals surface area contributed by atoms with Crippen LogP contribution in [0.25, 0.3) is 0 Å². The molecule has 1 saturated carbocycles. The fourth-order valence-electron chi connectivity index (χ4n) is 2.98. The summed E-state index contributed by atoms with van der Waals surface area (Å²) >= 11 is 0. The molecular weight excluding hydrogens is 272 g/mol. The summed E-state index contributed by atoms with van der Waals surface area (Å²) in [5.41, 5.74) is -1.12. The van der Waals surface area contributed by atoms with E-state index < -0.39 is 17.1 Å². The molecule has 6 heteroatoms. The highest BCUT2D eigenvalue weighted by atomic mass is 16.5. The number of esters is 1. The lowest BCUT2D eigenvalue weighted by atomic mass is 9.78. The summed E-state index contributed by atoms with van der Waals surface area (Å²) in [6, 6.07) is 0. The third kappa shape index (κ3) is 3.15. The topological polar surface area (TPSA) is 81.3 Å². The second-order valence-corrected chi connectivity index (χ2v) is 5.60. The molecule has 2 atom stereocenters. The maximum Gasteiger partial charge on any atom is 0.345 e. The van der Waals surface area contributed by atoms with Crippen molar-refractivity contribution in [2.75, 3.05) is 13.7 Å². The Morgan fingerprint density at radius 2 is 2.33 bits per heavy atom. The monoisotopic (exact) mass is 294 g/mol. The van der Waals surface area contributed by atoms with Crippen LogP contribution in [0, 0.1) is 5.92 Å². The maximum absolute atomic E-state index is 12.1. The van der Waals surface area contributed by atoms with Gasteiger partial charge in [0.05, 0.1) is 6.61 Å². The standard InChI is InChI=1S/C15H22N2O4/c1-4-21-13(19)11-9-16-14(17-12(11)18)15(20-3)7-5-6-10(2)8-15/h9-10H,4-8H2,1-3H3,(H,16,17,18). The predicted octanol–water partition coefficient (Wildman–Crippen LogP) is 2.00. The summed E-state index contributed by atoms with van der Waals surface area (Å²) in [5, 5.41) is 0. The molecule has 6 nitrogen and oxygen atoms in total. The van der Waals surface area contributed by atoms with Gasteiger partial charge in [-0.3, -0.25) is 4.79 Å². The van der Waals surface area contributed by atoms with E-state index >= 15 is 0 Å². The average molecular weight is 294 g/mol. The van der Waals surface area contributed by atoms with Crippen LogP contribution < -0.4 is 5.56 Å². The zero-order chi connectivity index (χ0) is 15.5. The minimum absolute atomic E-state index is 0.0734. The SMILES string of the molecule is CCOC(=O)c1cnc(C2(OC)CCCC(C)C2)[nH]c1=O. The number of methoxy groups -OCH3 is 1. The molecule has 0 spiro atoms. The minimum Gasteiger partial charge on any atom is -0.462 e. The first-order chi connectivity index (χ1) is 10.0. The number of ether oxygens (including phenoxy) is 2. The smallest absolute Gasteiger partial charge is 0.345 e. The number of aromatic amines is 1. The van der Waals surface area contributed by atoms with E-state index in [-0.39, 0.29) is 12.2 Å². The predicted molar refractivity (Wildman–Crippen MR) is 77.1 cm³/mol. The van der Waals surface area contributed by atoms with Crippen molar-refractivity contribution in [2.24, 2.45) is 5.92 Å². The van der Waals surface area contributed by atoms with Crippen LogP contribution in [0.2, 0.25) is 0 Å². The molecule has 1 fully saturated rings. The van der Waals surface area contributed by atoms with Crippen molar-refractivity contribution >= 4 is 5.97 Å². The average Bonchev–Trinajstić information content (AvgIpc) is 2.47. The molecule has 1 aromatic heterocycles. The summed E-state index contributed by atoms with van der Waals surface area (Å²) in [6.07, 6.45) is 5.08. The van der Waals surface area contributed by atoms with E-state index in [2.05, 4.69) is 16.9 Å². The zero-order valence-corrected chi connectivity index (χ0v) is 12.8. The molecule has 1 heterocycles. The Labute approximate surface area is 123 Å². The Hall–Kier alpha value is -1.69. The van der Waals surface area contributed by atoms with Crippen molar-refractivity contribution in [3.63, 3.8) is 0 Å². The summed E-state index contributed by atoms with van der Waals surface area (Å²) in [7, 11) is 1.64. The van der Waals surface area contributed by atoms with Crippen LogP contribution in [-0.4, -0.2) is 29.7 Å². The van der Waals surface area contributed by atoms with E-state index in [0.717, 1.165) is 25.7 Å². The van der Waals surface area contributed by atoms with Gasteiger partial charge >= 0.3 is 5.97 Å². The van der Waals surface area contributed by atoms with Crippen LogP contribution in [0.5, 0.6) is 0 Å². The molecule has 1 aromatic rings. The highest BCUT2D eigenvalue weighted by molar-refractivity contribution is 5.88. The van der Waals surface area contributed by atoms with E-state index in [4.69, 9.17) is 9.47 Å². The molecule has 0 aromatic carbocycles. The third-order valence-electron chi connectivity index (χ3n) is 4.07. The Morgan fingerprint density at radius 3 is 2.90 bits per heavy atom.